The van der Waals surface area contributed by atoms with E-state index in [1.807, 2.05) is 36.4 Å². The number of rotatable bonds is 7. The number of carbonyl (C=O) groups is 1. The second kappa shape index (κ2) is 8.87. The highest BCUT2D eigenvalue weighted by molar-refractivity contribution is 5.70. The molecule has 0 N–H and O–H groups in total. The largest absolute Gasteiger partial charge is 0.449 e. The molecule has 0 aliphatic carbocycles. The van der Waals surface area contributed by atoms with Gasteiger partial charge in [0.15, 0.2) is 0 Å². The lowest BCUT2D eigenvalue weighted by molar-refractivity contribution is 0.151. The van der Waals surface area contributed by atoms with Gasteiger partial charge in [0.05, 0.1) is 24.5 Å². The molecular weight excluding hydrogens is 330 g/mol. The predicted octanol–water partition coefficient (Wildman–Crippen LogP) is 2.88. The highest BCUT2D eigenvalue weighted by Crippen LogP contribution is 2.12. The Morgan fingerprint density at radius 2 is 1.62 bits per heavy atom. The first-order valence-electron chi connectivity index (χ1n) is 8.47. The van der Waals surface area contributed by atoms with Crippen molar-refractivity contribution in [2.24, 2.45) is 0 Å². The maximum absolute atomic E-state index is 12.1. The quantitative estimate of drug-likeness (QED) is 0.652. The van der Waals surface area contributed by atoms with Crippen LogP contribution in [0.5, 0.6) is 0 Å². The fourth-order valence-corrected chi connectivity index (χ4v) is 2.62. The third kappa shape index (κ3) is 4.73. The normalized spacial score (nSPS) is 10.8. The second-order valence-corrected chi connectivity index (χ2v) is 5.70. The topological polar surface area (TPSA) is 73.1 Å². The third-order valence-electron chi connectivity index (χ3n) is 3.77. The van der Waals surface area contributed by atoms with Crippen molar-refractivity contribution in [3.8, 4) is 0 Å². The van der Waals surface area contributed by atoms with Gasteiger partial charge in [-0.05, 0) is 31.2 Å². The zero-order chi connectivity index (χ0) is 18.2. The van der Waals surface area contributed by atoms with E-state index in [-0.39, 0.29) is 0 Å². The van der Waals surface area contributed by atoms with E-state index in [9.17, 15) is 4.79 Å². The van der Waals surface area contributed by atoms with Crippen LogP contribution in [0.15, 0.2) is 61.2 Å². The minimum atomic E-state index is -0.421. The summed E-state index contributed by atoms with van der Waals surface area (Å²) in [5, 5.41) is 0. The predicted molar refractivity (Wildman–Crippen MR) is 96.1 cm³/mol. The summed E-state index contributed by atoms with van der Waals surface area (Å²) in [7, 11) is 0. The minimum Gasteiger partial charge on any atom is -0.449 e. The van der Waals surface area contributed by atoms with Crippen LogP contribution in [0, 0.1) is 0 Å². The summed E-state index contributed by atoms with van der Waals surface area (Å²) in [4.78, 5) is 27.3. The van der Waals surface area contributed by atoms with Crippen molar-refractivity contribution in [1.29, 1.82) is 0 Å². The summed E-state index contributed by atoms with van der Waals surface area (Å²) in [6, 6.07) is 11.6. The Kier molecular flexibility index (Phi) is 6.05. The van der Waals surface area contributed by atoms with E-state index in [1.165, 1.54) is 4.57 Å². The van der Waals surface area contributed by atoms with Crippen molar-refractivity contribution in [2.75, 3.05) is 6.61 Å². The lowest BCUT2D eigenvalue weighted by Gasteiger charge is -2.21. The fourth-order valence-electron chi connectivity index (χ4n) is 2.62. The number of pyridine rings is 2. The lowest BCUT2D eigenvalue weighted by Crippen LogP contribution is -2.27. The molecule has 26 heavy (non-hydrogen) atoms. The van der Waals surface area contributed by atoms with E-state index in [2.05, 4.69) is 19.9 Å². The van der Waals surface area contributed by atoms with Crippen LogP contribution in [0.25, 0.3) is 0 Å². The molecule has 0 unspecified atom stereocenters. The Morgan fingerprint density at radius 3 is 2.15 bits per heavy atom. The molecule has 7 heteroatoms. The van der Waals surface area contributed by atoms with E-state index in [4.69, 9.17) is 4.74 Å². The molecule has 0 aliphatic rings. The highest BCUT2D eigenvalue weighted by atomic mass is 16.5. The van der Waals surface area contributed by atoms with Crippen molar-refractivity contribution in [3.63, 3.8) is 0 Å². The van der Waals surface area contributed by atoms with Gasteiger partial charge in [0.25, 0.3) is 0 Å². The van der Waals surface area contributed by atoms with Crippen molar-refractivity contribution in [3.05, 3.63) is 78.4 Å². The molecule has 0 saturated carbocycles. The number of carbonyl (C=O) groups excluding carboxylic acids is 1. The van der Waals surface area contributed by atoms with Crippen molar-refractivity contribution in [2.45, 2.75) is 26.6 Å². The molecule has 0 saturated heterocycles. The Morgan fingerprint density at radius 1 is 0.962 bits per heavy atom. The number of hydrogen-bond acceptors (Lipinski definition) is 6. The molecule has 0 bridgehead atoms. The number of imidazole rings is 1. The van der Waals surface area contributed by atoms with Gasteiger partial charge in [-0.3, -0.25) is 14.9 Å². The van der Waals surface area contributed by atoms with Gasteiger partial charge >= 0.3 is 6.09 Å². The standard InChI is InChI=1S/C19H21N5O2/c1-2-26-19(25)24-12-11-22-18(24)15-23(13-16-7-3-5-9-20-16)14-17-8-4-6-10-21-17/h3-12H,2,13-15H2,1H3. The van der Waals surface area contributed by atoms with Gasteiger partial charge < -0.3 is 4.74 Å². The van der Waals surface area contributed by atoms with Crippen LogP contribution in [0.1, 0.15) is 24.1 Å². The van der Waals surface area contributed by atoms with E-state index in [0.29, 0.717) is 32.1 Å². The molecule has 0 spiro atoms. The highest BCUT2D eigenvalue weighted by Gasteiger charge is 2.16. The van der Waals surface area contributed by atoms with E-state index < -0.39 is 6.09 Å². The van der Waals surface area contributed by atoms with Crippen LogP contribution in [0.3, 0.4) is 0 Å². The summed E-state index contributed by atoms with van der Waals surface area (Å²) in [5.41, 5.74) is 1.88. The van der Waals surface area contributed by atoms with E-state index >= 15 is 0 Å². The average Bonchev–Trinajstić information content (AvgIpc) is 3.12. The average molecular weight is 351 g/mol. The summed E-state index contributed by atoms with van der Waals surface area (Å²) in [6.45, 7) is 3.81. The second-order valence-electron chi connectivity index (χ2n) is 5.70. The number of ether oxygens (including phenoxy) is 1. The number of aromatic nitrogens is 4. The maximum Gasteiger partial charge on any atom is 0.419 e. The molecule has 134 valence electrons. The van der Waals surface area contributed by atoms with Crippen LogP contribution in [-0.2, 0) is 24.4 Å². The van der Waals surface area contributed by atoms with Gasteiger partial charge in [-0.15, -0.1) is 0 Å². The smallest absolute Gasteiger partial charge is 0.419 e. The zero-order valence-corrected chi connectivity index (χ0v) is 14.7. The van der Waals surface area contributed by atoms with Gasteiger partial charge in [0.2, 0.25) is 0 Å². The Balaban J connectivity index is 1.79. The monoisotopic (exact) mass is 351 g/mol. The molecule has 3 aromatic heterocycles. The van der Waals surface area contributed by atoms with E-state index in [0.717, 1.165) is 11.4 Å². The fraction of sp³-hybridized carbons (Fsp3) is 0.263. The summed E-state index contributed by atoms with van der Waals surface area (Å²) < 4.78 is 6.52. The van der Waals surface area contributed by atoms with Crippen molar-refractivity contribution in [1.82, 2.24) is 24.4 Å². The molecule has 0 atom stereocenters. The molecule has 0 aliphatic heterocycles. The van der Waals surface area contributed by atoms with Crippen LogP contribution in [0.2, 0.25) is 0 Å². The molecule has 7 nitrogen and oxygen atoms in total. The first kappa shape index (κ1) is 17.8. The molecular formula is C19H21N5O2. The minimum absolute atomic E-state index is 0.321. The molecule has 0 fully saturated rings. The molecule has 3 aromatic rings. The Hall–Kier alpha value is -3.06. The molecule has 3 rings (SSSR count). The van der Waals surface area contributed by atoms with E-state index in [1.54, 1.807) is 31.7 Å². The first-order valence-corrected chi connectivity index (χ1v) is 8.47. The summed E-state index contributed by atoms with van der Waals surface area (Å²) in [5.74, 6) is 0.621. The third-order valence-corrected chi connectivity index (χ3v) is 3.77. The molecule has 0 amide bonds. The van der Waals surface area contributed by atoms with Gasteiger partial charge in [0, 0.05) is 37.9 Å². The van der Waals surface area contributed by atoms with Crippen molar-refractivity contribution < 1.29 is 9.53 Å². The van der Waals surface area contributed by atoms with Gasteiger partial charge in [-0.25, -0.2) is 14.3 Å². The van der Waals surface area contributed by atoms with Crippen LogP contribution < -0.4 is 0 Å². The van der Waals surface area contributed by atoms with Crippen LogP contribution in [-0.4, -0.2) is 37.1 Å². The summed E-state index contributed by atoms with van der Waals surface area (Å²) in [6.07, 6.45) is 6.34. The first-order chi connectivity index (χ1) is 12.8. The van der Waals surface area contributed by atoms with Crippen LogP contribution in [0.4, 0.5) is 4.79 Å². The Labute approximate surface area is 152 Å². The number of nitrogens with zero attached hydrogens (tertiary/aromatic N) is 5. The van der Waals surface area contributed by atoms with Gasteiger partial charge in [-0.2, -0.15) is 0 Å². The van der Waals surface area contributed by atoms with Crippen molar-refractivity contribution >= 4 is 6.09 Å². The Bertz CT molecular complexity index is 779. The SMILES string of the molecule is CCOC(=O)n1ccnc1CN(Cc1ccccn1)Cc1ccccn1. The van der Waals surface area contributed by atoms with Gasteiger partial charge in [-0.1, -0.05) is 12.1 Å². The van der Waals surface area contributed by atoms with Gasteiger partial charge in [0.1, 0.15) is 5.82 Å². The van der Waals surface area contributed by atoms with Crippen LogP contribution >= 0.6 is 0 Å². The maximum atomic E-state index is 12.1. The molecule has 0 aromatic carbocycles. The lowest BCUT2D eigenvalue weighted by atomic mass is 10.3. The zero-order valence-electron chi connectivity index (χ0n) is 14.7. The molecule has 3 heterocycles. The summed E-state index contributed by atoms with van der Waals surface area (Å²) >= 11 is 0. The molecule has 0 radical (unpaired) electrons. The number of hydrogen-bond donors (Lipinski definition) is 0.